The van der Waals surface area contributed by atoms with Crippen LogP contribution in [0.25, 0.3) is 0 Å². The Balaban J connectivity index is 1.99. The quantitative estimate of drug-likeness (QED) is 0.519. The molecule has 0 amide bonds. The highest BCUT2D eigenvalue weighted by Gasteiger charge is 2.17. The van der Waals surface area contributed by atoms with Gasteiger partial charge in [-0.15, -0.1) is 0 Å². The van der Waals surface area contributed by atoms with E-state index in [-0.39, 0.29) is 11.5 Å². The Morgan fingerprint density at radius 2 is 1.78 bits per heavy atom. The van der Waals surface area contributed by atoms with Gasteiger partial charge in [-0.3, -0.25) is 4.18 Å². The third-order valence-electron chi connectivity index (χ3n) is 4.14. The molecule has 0 fully saturated rings. The van der Waals surface area contributed by atoms with Crippen molar-refractivity contribution < 1.29 is 27.2 Å². The van der Waals surface area contributed by atoms with Crippen LogP contribution in [0.4, 0.5) is 0 Å². The second kappa shape index (κ2) is 9.01. The molecule has 1 atom stereocenters. The van der Waals surface area contributed by atoms with Crippen LogP contribution >= 0.6 is 0 Å². The number of hydrogen-bond donors (Lipinski definition) is 1. The Morgan fingerprint density at radius 1 is 1.11 bits per heavy atom. The van der Waals surface area contributed by atoms with Gasteiger partial charge in [-0.1, -0.05) is 29.8 Å². The molecule has 7 heteroatoms. The first kappa shape index (κ1) is 20.9. The van der Waals surface area contributed by atoms with Gasteiger partial charge in [0.05, 0.1) is 11.5 Å². The molecule has 0 spiro atoms. The largest absolute Gasteiger partial charge is 0.479 e. The van der Waals surface area contributed by atoms with Gasteiger partial charge in [-0.05, 0) is 62.9 Å². The lowest BCUT2D eigenvalue weighted by atomic mass is 10.0. The Labute approximate surface area is 159 Å². The molecular weight excluding hydrogens is 368 g/mol. The summed E-state index contributed by atoms with van der Waals surface area (Å²) in [6.07, 6.45) is -0.00497. The summed E-state index contributed by atoms with van der Waals surface area (Å²) >= 11 is 0. The van der Waals surface area contributed by atoms with Gasteiger partial charge in [0.15, 0.2) is 6.10 Å². The van der Waals surface area contributed by atoms with Crippen molar-refractivity contribution in [3.8, 4) is 5.75 Å². The van der Waals surface area contributed by atoms with E-state index in [2.05, 4.69) is 0 Å². The normalized spacial score (nSPS) is 12.6. The average Bonchev–Trinajstić information content (AvgIpc) is 2.60. The number of ether oxygens (including phenoxy) is 1. The number of carbonyl (C=O) groups is 1. The van der Waals surface area contributed by atoms with Crippen molar-refractivity contribution in [3.05, 3.63) is 59.2 Å². The lowest BCUT2D eigenvalue weighted by Gasteiger charge is -2.16. The van der Waals surface area contributed by atoms with E-state index in [1.165, 1.54) is 19.1 Å². The molecule has 1 unspecified atom stereocenters. The van der Waals surface area contributed by atoms with Crippen LogP contribution in [0.5, 0.6) is 5.75 Å². The van der Waals surface area contributed by atoms with E-state index in [4.69, 9.17) is 14.0 Å². The summed E-state index contributed by atoms with van der Waals surface area (Å²) < 4.78 is 35.0. The van der Waals surface area contributed by atoms with Crippen LogP contribution in [-0.2, 0) is 25.5 Å². The zero-order chi connectivity index (χ0) is 20.0. The summed E-state index contributed by atoms with van der Waals surface area (Å²) in [5.41, 5.74) is 2.77. The minimum atomic E-state index is -3.79. The molecule has 2 aromatic carbocycles. The van der Waals surface area contributed by atoms with Gasteiger partial charge in [0.25, 0.3) is 10.1 Å². The number of benzene rings is 2. The van der Waals surface area contributed by atoms with Gasteiger partial charge in [0.2, 0.25) is 0 Å². The van der Waals surface area contributed by atoms with Crippen LogP contribution in [0, 0.1) is 13.8 Å². The van der Waals surface area contributed by atoms with E-state index in [1.807, 2.05) is 19.9 Å². The molecule has 0 radical (unpaired) electrons. The molecule has 2 rings (SSSR count). The molecule has 27 heavy (non-hydrogen) atoms. The molecule has 0 bridgehead atoms. The fourth-order valence-electron chi connectivity index (χ4n) is 2.54. The van der Waals surface area contributed by atoms with Gasteiger partial charge < -0.3 is 9.84 Å². The summed E-state index contributed by atoms with van der Waals surface area (Å²) in [6, 6.07) is 11.9. The number of carboxylic acid groups (broad SMARTS) is 1. The van der Waals surface area contributed by atoms with Gasteiger partial charge in [0, 0.05) is 0 Å². The lowest BCUT2D eigenvalue weighted by molar-refractivity contribution is -0.144. The molecule has 0 aromatic heterocycles. The van der Waals surface area contributed by atoms with E-state index in [9.17, 15) is 13.2 Å². The van der Waals surface area contributed by atoms with Crippen LogP contribution in [0.2, 0.25) is 0 Å². The van der Waals surface area contributed by atoms with Crippen LogP contribution in [0.3, 0.4) is 0 Å². The van der Waals surface area contributed by atoms with E-state index < -0.39 is 22.2 Å². The number of rotatable bonds is 9. The summed E-state index contributed by atoms with van der Waals surface area (Å²) in [6.45, 7) is 5.27. The molecule has 0 saturated carbocycles. The van der Waals surface area contributed by atoms with Crippen molar-refractivity contribution in [2.75, 3.05) is 6.61 Å². The molecular formula is C20H24O6S. The first-order valence-corrected chi connectivity index (χ1v) is 10.1. The highest BCUT2D eigenvalue weighted by molar-refractivity contribution is 7.86. The molecule has 0 aliphatic carbocycles. The lowest BCUT2D eigenvalue weighted by Crippen LogP contribution is -2.23. The number of aliphatic carboxylic acids is 1. The molecule has 0 saturated heterocycles. The Bertz CT molecular complexity index is 887. The van der Waals surface area contributed by atoms with Crippen molar-refractivity contribution in [2.45, 2.75) is 44.6 Å². The Kier molecular flexibility index (Phi) is 6.98. The van der Waals surface area contributed by atoms with Crippen molar-refractivity contribution >= 4 is 16.1 Å². The fourth-order valence-corrected chi connectivity index (χ4v) is 3.48. The van der Waals surface area contributed by atoms with E-state index >= 15 is 0 Å². The SMILES string of the molecule is Cc1ccc(S(=O)(=O)OCCCc2c(C)cccc2OC(C)C(=O)O)cc1. The predicted molar refractivity (Wildman–Crippen MR) is 102 cm³/mol. The van der Waals surface area contributed by atoms with Crippen molar-refractivity contribution in [1.29, 1.82) is 0 Å². The van der Waals surface area contributed by atoms with Crippen LogP contribution in [0.1, 0.15) is 30.0 Å². The summed E-state index contributed by atoms with van der Waals surface area (Å²) in [5.74, 6) is -0.554. The van der Waals surface area contributed by atoms with E-state index in [0.29, 0.717) is 18.6 Å². The zero-order valence-corrected chi connectivity index (χ0v) is 16.5. The Morgan fingerprint density at radius 3 is 2.41 bits per heavy atom. The Hall–Kier alpha value is -2.38. The highest BCUT2D eigenvalue weighted by atomic mass is 32.2. The van der Waals surface area contributed by atoms with Gasteiger partial charge in [0.1, 0.15) is 5.75 Å². The van der Waals surface area contributed by atoms with Crippen molar-refractivity contribution in [2.24, 2.45) is 0 Å². The molecule has 0 aliphatic rings. The maximum atomic E-state index is 12.2. The van der Waals surface area contributed by atoms with Gasteiger partial charge in [-0.2, -0.15) is 8.42 Å². The van der Waals surface area contributed by atoms with Gasteiger partial charge in [-0.25, -0.2) is 4.79 Å². The maximum Gasteiger partial charge on any atom is 0.344 e. The van der Waals surface area contributed by atoms with Crippen LogP contribution < -0.4 is 4.74 Å². The number of carboxylic acids is 1. The summed E-state index contributed by atoms with van der Waals surface area (Å²) in [5, 5.41) is 9.02. The van der Waals surface area contributed by atoms with Gasteiger partial charge >= 0.3 is 5.97 Å². The first-order valence-electron chi connectivity index (χ1n) is 8.65. The molecule has 2 aromatic rings. The topological polar surface area (TPSA) is 89.9 Å². The smallest absolute Gasteiger partial charge is 0.344 e. The third-order valence-corrected chi connectivity index (χ3v) is 5.46. The summed E-state index contributed by atoms with van der Waals surface area (Å²) in [7, 11) is -3.79. The minimum absolute atomic E-state index is 0.0263. The fraction of sp³-hybridized carbons (Fsp3) is 0.350. The average molecular weight is 392 g/mol. The van der Waals surface area contributed by atoms with E-state index in [0.717, 1.165) is 16.7 Å². The standard InChI is InChI=1S/C20H24O6S/c1-14-9-11-17(12-10-14)27(23,24)25-13-5-7-18-15(2)6-4-8-19(18)26-16(3)20(21)22/h4,6,8-12,16H,5,7,13H2,1-3H3,(H,21,22). The minimum Gasteiger partial charge on any atom is -0.479 e. The second-order valence-electron chi connectivity index (χ2n) is 6.34. The molecule has 1 N–H and O–H groups in total. The highest BCUT2D eigenvalue weighted by Crippen LogP contribution is 2.25. The first-order chi connectivity index (χ1) is 12.7. The second-order valence-corrected chi connectivity index (χ2v) is 7.96. The molecule has 0 aliphatic heterocycles. The maximum absolute atomic E-state index is 12.2. The van der Waals surface area contributed by atoms with Crippen molar-refractivity contribution in [1.82, 2.24) is 0 Å². The predicted octanol–water partition coefficient (Wildman–Crippen LogP) is 3.49. The van der Waals surface area contributed by atoms with Crippen LogP contribution in [0.15, 0.2) is 47.4 Å². The zero-order valence-electron chi connectivity index (χ0n) is 15.6. The summed E-state index contributed by atoms with van der Waals surface area (Å²) in [4.78, 5) is 11.1. The molecule has 0 heterocycles. The number of hydrogen-bond acceptors (Lipinski definition) is 5. The molecule has 146 valence electrons. The number of aryl methyl sites for hydroxylation is 2. The monoisotopic (exact) mass is 392 g/mol. The van der Waals surface area contributed by atoms with Crippen molar-refractivity contribution in [3.63, 3.8) is 0 Å². The van der Waals surface area contributed by atoms with E-state index in [1.54, 1.807) is 24.3 Å². The molecule has 6 nitrogen and oxygen atoms in total. The third kappa shape index (κ3) is 5.80. The van der Waals surface area contributed by atoms with Crippen LogP contribution in [-0.4, -0.2) is 32.2 Å².